The van der Waals surface area contributed by atoms with Crippen molar-refractivity contribution in [1.29, 1.82) is 0 Å². The molecule has 134 valence electrons. The van der Waals surface area contributed by atoms with Crippen molar-refractivity contribution in [3.05, 3.63) is 0 Å². The van der Waals surface area contributed by atoms with Gasteiger partial charge >= 0.3 is 11.9 Å². The Hall–Kier alpha value is -1.30. The second-order valence-electron chi connectivity index (χ2n) is 5.06. The van der Waals surface area contributed by atoms with Crippen LogP contribution in [0.3, 0.4) is 0 Å². The fourth-order valence-corrected chi connectivity index (χ4v) is 1.97. The van der Waals surface area contributed by atoms with Gasteiger partial charge < -0.3 is 39.4 Å². The fourth-order valence-electron chi connectivity index (χ4n) is 1.97. The van der Waals surface area contributed by atoms with Crippen LogP contribution in [0.5, 0.6) is 0 Å². The van der Waals surface area contributed by atoms with Gasteiger partial charge in [-0.15, -0.1) is 0 Å². The van der Waals surface area contributed by atoms with Crippen molar-refractivity contribution in [3.63, 3.8) is 0 Å². The maximum absolute atomic E-state index is 11.0. The monoisotopic (exact) mass is 338 g/mol. The number of carbonyl (C=O) groups is 2. The summed E-state index contributed by atoms with van der Waals surface area (Å²) in [5, 5.41) is 38.1. The topological polar surface area (TPSA) is 152 Å². The molecule has 0 radical (unpaired) electrons. The van der Waals surface area contributed by atoms with E-state index >= 15 is 0 Å². The third-order valence-corrected chi connectivity index (χ3v) is 3.10. The zero-order valence-corrected chi connectivity index (χ0v) is 12.8. The molecule has 0 aliphatic carbocycles. The van der Waals surface area contributed by atoms with Gasteiger partial charge in [0.2, 0.25) is 0 Å². The normalized spacial score (nSPS) is 32.2. The number of esters is 2. The molecule has 0 spiro atoms. The Morgan fingerprint density at radius 3 is 2.22 bits per heavy atom. The van der Waals surface area contributed by atoms with Crippen molar-refractivity contribution >= 4 is 11.9 Å². The molecule has 0 bridgehead atoms. The lowest BCUT2D eigenvalue weighted by Gasteiger charge is -2.39. The highest BCUT2D eigenvalue weighted by molar-refractivity contribution is 5.67. The highest BCUT2D eigenvalue weighted by Gasteiger charge is 2.44. The minimum absolute atomic E-state index is 0.258. The van der Waals surface area contributed by atoms with E-state index < -0.39 is 55.4 Å². The quantitative estimate of drug-likeness (QED) is 0.361. The second kappa shape index (κ2) is 9.11. The van der Waals surface area contributed by atoms with Gasteiger partial charge in [-0.25, -0.2) is 0 Å². The van der Waals surface area contributed by atoms with E-state index in [4.69, 9.17) is 24.1 Å². The third kappa shape index (κ3) is 6.01. The summed E-state index contributed by atoms with van der Waals surface area (Å²) in [6.45, 7) is 1.20. The predicted octanol–water partition coefficient (Wildman–Crippen LogP) is -2.70. The van der Waals surface area contributed by atoms with Gasteiger partial charge in [0.1, 0.15) is 31.0 Å². The number of rotatable bonds is 7. The number of carbonyl (C=O) groups excluding carboxylic acids is 2. The highest BCUT2D eigenvalue weighted by atomic mass is 16.7. The first-order chi connectivity index (χ1) is 10.8. The third-order valence-electron chi connectivity index (χ3n) is 3.10. The molecule has 0 aromatic carbocycles. The van der Waals surface area contributed by atoms with E-state index in [0.717, 1.165) is 6.92 Å². The van der Waals surface area contributed by atoms with Gasteiger partial charge in [-0.2, -0.15) is 0 Å². The Balaban J connectivity index is 2.60. The van der Waals surface area contributed by atoms with Gasteiger partial charge in [-0.05, 0) is 0 Å². The molecule has 1 heterocycles. The lowest BCUT2D eigenvalue weighted by atomic mass is 9.99. The molecule has 0 amide bonds. The number of hydrogen-bond donors (Lipinski definition) is 4. The van der Waals surface area contributed by atoms with Crippen molar-refractivity contribution in [3.8, 4) is 0 Å². The molecule has 1 fully saturated rings. The maximum Gasteiger partial charge on any atom is 0.303 e. The molecular formula is C13H22O10. The van der Waals surface area contributed by atoms with Crippen LogP contribution >= 0.6 is 0 Å². The van der Waals surface area contributed by atoms with Crippen LogP contribution in [0.4, 0.5) is 0 Å². The number of aliphatic hydroxyl groups is 4. The van der Waals surface area contributed by atoms with E-state index in [1.165, 1.54) is 6.92 Å². The first-order valence-electron chi connectivity index (χ1n) is 6.99. The van der Waals surface area contributed by atoms with Crippen molar-refractivity contribution in [2.45, 2.75) is 50.7 Å². The lowest BCUT2D eigenvalue weighted by Crippen LogP contribution is -2.59. The smallest absolute Gasteiger partial charge is 0.303 e. The first-order valence-corrected chi connectivity index (χ1v) is 6.99. The largest absolute Gasteiger partial charge is 0.462 e. The molecule has 10 heteroatoms. The summed E-state index contributed by atoms with van der Waals surface area (Å²) in [5.74, 6) is -1.20. The van der Waals surface area contributed by atoms with Crippen LogP contribution in [0.25, 0.3) is 0 Å². The van der Waals surface area contributed by atoms with Crippen molar-refractivity contribution < 1.29 is 49.0 Å². The molecule has 0 saturated carbocycles. The zero-order chi connectivity index (χ0) is 17.6. The average molecular weight is 338 g/mol. The Kier molecular flexibility index (Phi) is 7.82. The van der Waals surface area contributed by atoms with Crippen molar-refractivity contribution in [1.82, 2.24) is 0 Å². The highest BCUT2D eigenvalue weighted by Crippen LogP contribution is 2.22. The molecular weight excluding hydrogens is 316 g/mol. The van der Waals surface area contributed by atoms with Crippen molar-refractivity contribution in [2.75, 3.05) is 19.8 Å². The molecule has 1 aliphatic heterocycles. The Morgan fingerprint density at radius 2 is 1.70 bits per heavy atom. The van der Waals surface area contributed by atoms with E-state index in [0.29, 0.717) is 0 Å². The zero-order valence-electron chi connectivity index (χ0n) is 12.8. The van der Waals surface area contributed by atoms with Crippen LogP contribution in [0.1, 0.15) is 13.8 Å². The SMILES string of the molecule is CC(=O)OC[C@H](COC1OC(CO)C(O)C(O)C1O)OC(C)=O. The molecule has 4 N–H and O–H groups in total. The van der Waals surface area contributed by atoms with E-state index in [2.05, 4.69) is 0 Å². The van der Waals surface area contributed by atoms with Gasteiger partial charge in [-0.3, -0.25) is 9.59 Å². The molecule has 0 aromatic rings. The fraction of sp³-hybridized carbons (Fsp3) is 0.846. The molecule has 1 aliphatic rings. The van der Waals surface area contributed by atoms with Crippen LogP contribution in [-0.4, -0.2) is 89.0 Å². The Morgan fingerprint density at radius 1 is 1.04 bits per heavy atom. The molecule has 23 heavy (non-hydrogen) atoms. The number of aliphatic hydroxyl groups excluding tert-OH is 4. The van der Waals surface area contributed by atoms with E-state index in [9.17, 15) is 24.9 Å². The summed E-state index contributed by atoms with van der Waals surface area (Å²) in [4.78, 5) is 21.8. The molecule has 0 aromatic heterocycles. The molecule has 6 atom stereocenters. The van der Waals surface area contributed by atoms with Gasteiger partial charge in [0.05, 0.1) is 13.2 Å². The van der Waals surface area contributed by atoms with Crippen molar-refractivity contribution in [2.24, 2.45) is 0 Å². The lowest BCUT2D eigenvalue weighted by molar-refractivity contribution is -0.305. The Bertz CT molecular complexity index is 398. The van der Waals surface area contributed by atoms with Gasteiger partial charge in [0.25, 0.3) is 0 Å². The summed E-state index contributed by atoms with van der Waals surface area (Å²) in [5.41, 5.74) is 0. The molecule has 1 rings (SSSR count). The summed E-state index contributed by atoms with van der Waals surface area (Å²) >= 11 is 0. The summed E-state index contributed by atoms with van der Waals surface area (Å²) in [7, 11) is 0. The van der Waals surface area contributed by atoms with Gasteiger partial charge in [0.15, 0.2) is 12.4 Å². The standard InChI is InChI=1S/C13H22O10/c1-6(15)20-4-8(22-7(2)16)5-21-13-12(19)11(18)10(17)9(3-14)23-13/h8-14,17-19H,3-5H2,1-2H3/t8-,9?,10?,11?,12?,13?/m1/s1. The Labute approximate surface area is 132 Å². The maximum atomic E-state index is 11.0. The van der Waals surface area contributed by atoms with E-state index in [-0.39, 0.29) is 13.2 Å². The number of hydrogen-bond acceptors (Lipinski definition) is 10. The average Bonchev–Trinajstić information content (AvgIpc) is 2.48. The number of ether oxygens (including phenoxy) is 4. The van der Waals surface area contributed by atoms with E-state index in [1.54, 1.807) is 0 Å². The van der Waals surface area contributed by atoms with Crippen LogP contribution in [0, 0.1) is 0 Å². The molecule has 10 nitrogen and oxygen atoms in total. The minimum atomic E-state index is -1.58. The van der Waals surface area contributed by atoms with Crippen LogP contribution < -0.4 is 0 Å². The second-order valence-corrected chi connectivity index (χ2v) is 5.06. The van der Waals surface area contributed by atoms with Crippen LogP contribution in [0.15, 0.2) is 0 Å². The van der Waals surface area contributed by atoms with E-state index in [1.807, 2.05) is 0 Å². The minimum Gasteiger partial charge on any atom is -0.462 e. The van der Waals surface area contributed by atoms with Crippen LogP contribution in [0.2, 0.25) is 0 Å². The molecule has 5 unspecified atom stereocenters. The summed E-state index contributed by atoms with van der Waals surface area (Å²) in [6.07, 6.45) is -8.06. The summed E-state index contributed by atoms with van der Waals surface area (Å²) < 4.78 is 20.0. The van der Waals surface area contributed by atoms with Crippen LogP contribution in [-0.2, 0) is 28.5 Å². The predicted molar refractivity (Wildman–Crippen MR) is 71.9 cm³/mol. The first kappa shape index (κ1) is 19.7. The van der Waals surface area contributed by atoms with Gasteiger partial charge in [-0.1, -0.05) is 0 Å². The van der Waals surface area contributed by atoms with Gasteiger partial charge in [0, 0.05) is 13.8 Å². The summed E-state index contributed by atoms with van der Waals surface area (Å²) in [6, 6.07) is 0. The molecule has 1 saturated heterocycles.